The quantitative estimate of drug-likeness (QED) is 0.723. The smallest absolute Gasteiger partial charge is 0.319 e. The number of amides is 3. The highest BCUT2D eigenvalue weighted by Gasteiger charge is 2.08. The number of carbonyl (C=O) groups is 2. The summed E-state index contributed by atoms with van der Waals surface area (Å²) >= 11 is 0. The van der Waals surface area contributed by atoms with Gasteiger partial charge in [0.25, 0.3) is 0 Å². The van der Waals surface area contributed by atoms with E-state index >= 15 is 0 Å². The van der Waals surface area contributed by atoms with Gasteiger partial charge in [-0.1, -0.05) is 13.0 Å². The van der Waals surface area contributed by atoms with Crippen molar-refractivity contribution < 1.29 is 9.59 Å². The number of anilines is 2. The Hall–Kier alpha value is -2.08. The third-order valence-electron chi connectivity index (χ3n) is 3.90. The van der Waals surface area contributed by atoms with Crippen molar-refractivity contribution in [3.8, 4) is 0 Å². The second kappa shape index (κ2) is 9.15. The first-order valence-electron chi connectivity index (χ1n) is 7.96. The predicted molar refractivity (Wildman–Crippen MR) is 94.9 cm³/mol. The number of benzene rings is 1. The fourth-order valence-electron chi connectivity index (χ4n) is 2.08. The van der Waals surface area contributed by atoms with Crippen molar-refractivity contribution in [2.45, 2.75) is 40.2 Å². The van der Waals surface area contributed by atoms with Crippen molar-refractivity contribution in [3.63, 3.8) is 0 Å². The van der Waals surface area contributed by atoms with Gasteiger partial charge in [0.1, 0.15) is 0 Å². The number of nitrogens with one attached hydrogen (secondary N) is 3. The molecule has 0 heterocycles. The van der Waals surface area contributed by atoms with Crippen LogP contribution in [0.4, 0.5) is 16.2 Å². The summed E-state index contributed by atoms with van der Waals surface area (Å²) in [6.07, 6.45) is 1.08. The lowest BCUT2D eigenvalue weighted by Crippen LogP contribution is -2.38. The van der Waals surface area contributed by atoms with Gasteiger partial charge in [-0.25, -0.2) is 4.79 Å². The van der Waals surface area contributed by atoms with E-state index < -0.39 is 0 Å². The number of nitrogens with zero attached hydrogens (tertiary/aromatic N) is 1. The van der Waals surface area contributed by atoms with Crippen LogP contribution in [0.2, 0.25) is 0 Å². The molecule has 1 atom stereocenters. The van der Waals surface area contributed by atoms with Crippen LogP contribution in [-0.4, -0.2) is 43.0 Å². The molecule has 3 N–H and O–H groups in total. The van der Waals surface area contributed by atoms with E-state index in [4.69, 9.17) is 0 Å². The van der Waals surface area contributed by atoms with Crippen LogP contribution in [0, 0.1) is 6.92 Å². The van der Waals surface area contributed by atoms with E-state index in [2.05, 4.69) is 41.7 Å². The summed E-state index contributed by atoms with van der Waals surface area (Å²) in [5, 5.41) is 8.38. The molecule has 6 nitrogen and oxygen atoms in total. The van der Waals surface area contributed by atoms with Gasteiger partial charge in [0, 0.05) is 37.4 Å². The van der Waals surface area contributed by atoms with E-state index in [0.717, 1.165) is 18.5 Å². The highest BCUT2D eigenvalue weighted by molar-refractivity contribution is 5.93. The zero-order valence-corrected chi connectivity index (χ0v) is 14.7. The molecule has 23 heavy (non-hydrogen) atoms. The molecule has 3 amide bonds. The number of hydrogen-bond acceptors (Lipinski definition) is 3. The van der Waals surface area contributed by atoms with E-state index in [1.54, 1.807) is 12.1 Å². The van der Waals surface area contributed by atoms with Crippen molar-refractivity contribution >= 4 is 23.3 Å². The molecule has 0 radical (unpaired) electrons. The maximum Gasteiger partial charge on any atom is 0.319 e. The van der Waals surface area contributed by atoms with Crippen molar-refractivity contribution in [3.05, 3.63) is 23.8 Å². The summed E-state index contributed by atoms with van der Waals surface area (Å²) in [6.45, 7) is 9.05. The Morgan fingerprint density at radius 3 is 2.57 bits per heavy atom. The number of carbonyl (C=O) groups excluding carboxylic acids is 2. The Morgan fingerprint density at radius 2 is 1.96 bits per heavy atom. The molecular weight excluding hydrogens is 292 g/mol. The Kier molecular flexibility index (Phi) is 7.54. The molecule has 0 aliphatic heterocycles. The van der Waals surface area contributed by atoms with Crippen LogP contribution in [0.15, 0.2) is 18.2 Å². The molecule has 6 heteroatoms. The lowest BCUT2D eigenvalue weighted by Gasteiger charge is -2.23. The molecule has 0 aliphatic rings. The first kappa shape index (κ1) is 19.0. The minimum absolute atomic E-state index is 0.141. The molecule has 0 saturated carbocycles. The molecule has 0 bridgehead atoms. The van der Waals surface area contributed by atoms with Crippen LogP contribution in [0.1, 0.15) is 32.8 Å². The van der Waals surface area contributed by atoms with Gasteiger partial charge in [-0.15, -0.1) is 0 Å². The number of rotatable bonds is 7. The van der Waals surface area contributed by atoms with E-state index in [-0.39, 0.29) is 11.9 Å². The van der Waals surface area contributed by atoms with Crippen LogP contribution >= 0.6 is 0 Å². The van der Waals surface area contributed by atoms with Gasteiger partial charge >= 0.3 is 6.03 Å². The highest BCUT2D eigenvalue weighted by Crippen LogP contribution is 2.20. The molecule has 0 unspecified atom stereocenters. The third-order valence-corrected chi connectivity index (χ3v) is 3.90. The molecule has 1 aromatic rings. The molecule has 0 fully saturated rings. The predicted octanol–water partition coefficient (Wildman–Crippen LogP) is 2.81. The number of urea groups is 1. The fourth-order valence-corrected chi connectivity index (χ4v) is 2.08. The topological polar surface area (TPSA) is 73.5 Å². The van der Waals surface area contributed by atoms with Gasteiger partial charge in [0.15, 0.2) is 0 Å². The van der Waals surface area contributed by atoms with E-state index in [1.165, 1.54) is 6.92 Å². The summed E-state index contributed by atoms with van der Waals surface area (Å²) in [7, 11) is 2.05. The van der Waals surface area contributed by atoms with Crippen LogP contribution in [0.3, 0.4) is 0 Å². The minimum Gasteiger partial charge on any atom is -0.337 e. The lowest BCUT2D eigenvalue weighted by molar-refractivity contribution is -0.114. The fraction of sp³-hybridized carbons (Fsp3) is 0.529. The summed E-state index contributed by atoms with van der Waals surface area (Å²) in [4.78, 5) is 25.3. The Labute approximate surface area is 138 Å². The molecule has 0 aliphatic carbocycles. The van der Waals surface area contributed by atoms with Crippen molar-refractivity contribution in [2.24, 2.45) is 0 Å². The Balaban J connectivity index is 2.52. The summed E-state index contributed by atoms with van der Waals surface area (Å²) < 4.78 is 0. The monoisotopic (exact) mass is 320 g/mol. The van der Waals surface area contributed by atoms with Crippen LogP contribution in [-0.2, 0) is 4.79 Å². The first-order chi connectivity index (χ1) is 10.8. The van der Waals surface area contributed by atoms with Crippen molar-refractivity contribution in [1.82, 2.24) is 10.2 Å². The number of aryl methyl sites for hydroxylation is 1. The number of likely N-dealkylation sites (N-methyl/N-ethyl adjacent to an activating group) is 1. The maximum atomic E-state index is 12.0. The molecule has 1 rings (SSSR count). The molecular formula is C17H28N4O2. The standard InChI is InChI=1S/C17H28N4O2/c1-6-13(3)21(5)10-9-18-17(23)20-16-11-15(19-14(4)22)8-7-12(16)2/h7-8,11,13H,6,9-10H2,1-5H3,(H,19,22)(H2,18,20,23)/t13-/m0/s1. The van der Waals surface area contributed by atoms with Crippen LogP contribution in [0.5, 0.6) is 0 Å². The zero-order chi connectivity index (χ0) is 17.4. The van der Waals surface area contributed by atoms with Gasteiger partial charge in [-0.3, -0.25) is 4.79 Å². The SMILES string of the molecule is CC[C@H](C)N(C)CCNC(=O)Nc1cc(NC(C)=O)ccc1C. The van der Waals surface area contributed by atoms with Gasteiger partial charge in [-0.05, 0) is 45.0 Å². The molecule has 128 valence electrons. The van der Waals surface area contributed by atoms with Crippen LogP contribution < -0.4 is 16.0 Å². The largest absolute Gasteiger partial charge is 0.337 e. The Bertz CT molecular complexity index is 545. The van der Waals surface area contributed by atoms with Crippen molar-refractivity contribution in [1.29, 1.82) is 0 Å². The summed E-state index contributed by atoms with van der Waals surface area (Å²) in [6, 6.07) is 5.67. The maximum absolute atomic E-state index is 12.0. The summed E-state index contributed by atoms with van der Waals surface area (Å²) in [5.41, 5.74) is 2.28. The zero-order valence-electron chi connectivity index (χ0n) is 14.7. The van der Waals surface area contributed by atoms with Gasteiger partial charge < -0.3 is 20.9 Å². The Morgan fingerprint density at radius 1 is 1.26 bits per heavy atom. The molecule has 1 aromatic carbocycles. The first-order valence-corrected chi connectivity index (χ1v) is 7.96. The minimum atomic E-state index is -0.245. The molecule has 0 aromatic heterocycles. The molecule has 0 spiro atoms. The van der Waals surface area contributed by atoms with E-state index in [0.29, 0.717) is 24.0 Å². The third kappa shape index (κ3) is 6.69. The summed E-state index contributed by atoms with van der Waals surface area (Å²) in [5.74, 6) is -0.141. The van der Waals surface area contributed by atoms with Gasteiger partial charge in [-0.2, -0.15) is 0 Å². The van der Waals surface area contributed by atoms with Crippen LogP contribution in [0.25, 0.3) is 0 Å². The van der Waals surface area contributed by atoms with Gasteiger partial charge in [0.2, 0.25) is 5.91 Å². The molecule has 0 saturated heterocycles. The van der Waals surface area contributed by atoms with E-state index in [9.17, 15) is 9.59 Å². The normalized spacial score (nSPS) is 11.9. The second-order valence-corrected chi connectivity index (χ2v) is 5.83. The van der Waals surface area contributed by atoms with Crippen molar-refractivity contribution in [2.75, 3.05) is 30.8 Å². The highest BCUT2D eigenvalue weighted by atomic mass is 16.2. The van der Waals surface area contributed by atoms with Gasteiger partial charge in [0.05, 0.1) is 0 Å². The van der Waals surface area contributed by atoms with E-state index in [1.807, 2.05) is 13.0 Å². The number of hydrogen-bond donors (Lipinski definition) is 3. The second-order valence-electron chi connectivity index (χ2n) is 5.83. The average Bonchev–Trinajstić information content (AvgIpc) is 2.49. The average molecular weight is 320 g/mol. The lowest BCUT2D eigenvalue weighted by atomic mass is 10.2.